The van der Waals surface area contributed by atoms with Crippen LogP contribution in [0.4, 0.5) is 0 Å². The van der Waals surface area contributed by atoms with E-state index in [9.17, 15) is 0 Å². The third-order valence-corrected chi connectivity index (χ3v) is 3.35. The van der Waals surface area contributed by atoms with Crippen LogP contribution in [0.1, 0.15) is 11.1 Å². The van der Waals surface area contributed by atoms with Crippen LogP contribution in [-0.4, -0.2) is 0 Å². The van der Waals surface area contributed by atoms with Crippen LogP contribution in [0.25, 0.3) is 11.1 Å². The van der Waals surface area contributed by atoms with Crippen LogP contribution in [0.5, 0.6) is 0 Å². The minimum Gasteiger partial charge on any atom is -0.192 e. The van der Waals surface area contributed by atoms with E-state index in [-0.39, 0.29) is 0 Å². The van der Waals surface area contributed by atoms with Crippen LogP contribution in [0.2, 0.25) is 0 Å². The zero-order valence-electron chi connectivity index (χ0n) is 8.65. The molecule has 16 heavy (non-hydrogen) atoms. The lowest BCUT2D eigenvalue weighted by Gasteiger charge is -2.04. The lowest BCUT2D eigenvalue weighted by Crippen LogP contribution is -1.84. The van der Waals surface area contributed by atoms with Crippen molar-refractivity contribution >= 4 is 22.6 Å². The SMILES string of the molecule is N#Cc1ccccc1-c1ccc(CI)cc1. The smallest absolute Gasteiger partial charge is 0.0998 e. The number of hydrogen-bond acceptors (Lipinski definition) is 1. The molecule has 0 bridgehead atoms. The maximum atomic E-state index is 9.03. The van der Waals surface area contributed by atoms with Gasteiger partial charge in [0.05, 0.1) is 11.6 Å². The first-order chi connectivity index (χ1) is 7.85. The van der Waals surface area contributed by atoms with E-state index in [1.807, 2.05) is 24.3 Å². The number of nitriles is 1. The number of benzene rings is 2. The highest BCUT2D eigenvalue weighted by molar-refractivity contribution is 14.1. The van der Waals surface area contributed by atoms with E-state index in [1.54, 1.807) is 0 Å². The van der Waals surface area contributed by atoms with Crippen molar-refractivity contribution < 1.29 is 0 Å². The lowest BCUT2D eigenvalue weighted by atomic mass is 10.00. The van der Waals surface area contributed by atoms with Crippen molar-refractivity contribution in [3.8, 4) is 17.2 Å². The molecule has 0 saturated heterocycles. The first-order valence-corrected chi connectivity index (χ1v) is 6.52. The van der Waals surface area contributed by atoms with Gasteiger partial charge in [0.25, 0.3) is 0 Å². The molecule has 0 radical (unpaired) electrons. The van der Waals surface area contributed by atoms with Gasteiger partial charge in [-0.2, -0.15) is 5.26 Å². The van der Waals surface area contributed by atoms with Gasteiger partial charge in [0.15, 0.2) is 0 Å². The zero-order chi connectivity index (χ0) is 11.4. The highest BCUT2D eigenvalue weighted by atomic mass is 127. The van der Waals surface area contributed by atoms with E-state index in [0.717, 1.165) is 21.1 Å². The minimum absolute atomic E-state index is 0.727. The second-order valence-electron chi connectivity index (χ2n) is 3.49. The summed E-state index contributed by atoms with van der Waals surface area (Å²) in [6.07, 6.45) is 0. The standard InChI is InChI=1S/C14H10IN/c15-9-11-5-7-12(8-6-11)14-4-2-1-3-13(14)10-16/h1-8H,9H2. The molecule has 0 spiro atoms. The molecule has 0 amide bonds. The highest BCUT2D eigenvalue weighted by Crippen LogP contribution is 2.23. The normalized spacial score (nSPS) is 9.75. The first kappa shape index (κ1) is 11.2. The summed E-state index contributed by atoms with van der Waals surface area (Å²) in [5.41, 5.74) is 4.14. The number of rotatable bonds is 2. The van der Waals surface area contributed by atoms with Crippen molar-refractivity contribution in [2.75, 3.05) is 0 Å². The van der Waals surface area contributed by atoms with Crippen LogP contribution < -0.4 is 0 Å². The Morgan fingerprint density at radius 2 is 1.69 bits per heavy atom. The van der Waals surface area contributed by atoms with Crippen molar-refractivity contribution in [2.24, 2.45) is 0 Å². The molecular weight excluding hydrogens is 309 g/mol. The molecular formula is C14H10IN. The summed E-state index contributed by atoms with van der Waals surface area (Å²) in [5, 5.41) is 9.03. The molecule has 2 aromatic rings. The number of halogens is 1. The average Bonchev–Trinajstić information content (AvgIpc) is 2.39. The molecule has 0 aliphatic heterocycles. The molecule has 2 rings (SSSR count). The molecule has 0 atom stereocenters. The fraction of sp³-hybridized carbons (Fsp3) is 0.0714. The largest absolute Gasteiger partial charge is 0.192 e. The maximum absolute atomic E-state index is 9.03. The van der Waals surface area contributed by atoms with Crippen LogP contribution in [0.15, 0.2) is 48.5 Å². The van der Waals surface area contributed by atoms with Gasteiger partial charge in [-0.3, -0.25) is 0 Å². The summed E-state index contributed by atoms with van der Waals surface area (Å²) >= 11 is 2.34. The molecule has 0 N–H and O–H groups in total. The molecule has 78 valence electrons. The monoisotopic (exact) mass is 319 g/mol. The zero-order valence-corrected chi connectivity index (χ0v) is 10.8. The van der Waals surface area contributed by atoms with Gasteiger partial charge < -0.3 is 0 Å². The Morgan fingerprint density at radius 3 is 2.31 bits per heavy atom. The third-order valence-electron chi connectivity index (χ3n) is 2.47. The van der Waals surface area contributed by atoms with E-state index in [1.165, 1.54) is 5.56 Å². The summed E-state index contributed by atoms with van der Waals surface area (Å²) in [7, 11) is 0. The Bertz CT molecular complexity index is 523. The Labute approximate surface area is 109 Å². The summed E-state index contributed by atoms with van der Waals surface area (Å²) in [4.78, 5) is 0. The van der Waals surface area contributed by atoms with E-state index in [4.69, 9.17) is 5.26 Å². The minimum atomic E-state index is 0.727. The number of hydrogen-bond donors (Lipinski definition) is 0. The molecule has 2 aromatic carbocycles. The van der Waals surface area contributed by atoms with E-state index < -0.39 is 0 Å². The molecule has 0 fully saturated rings. The Kier molecular flexibility index (Phi) is 3.58. The van der Waals surface area contributed by atoms with E-state index in [2.05, 4.69) is 52.9 Å². The van der Waals surface area contributed by atoms with Gasteiger partial charge >= 0.3 is 0 Å². The van der Waals surface area contributed by atoms with Gasteiger partial charge in [0.2, 0.25) is 0 Å². The van der Waals surface area contributed by atoms with Gasteiger partial charge in [-0.15, -0.1) is 0 Å². The summed E-state index contributed by atoms with van der Waals surface area (Å²) < 4.78 is 1.01. The Morgan fingerprint density at radius 1 is 1.00 bits per heavy atom. The average molecular weight is 319 g/mol. The van der Waals surface area contributed by atoms with Crippen LogP contribution in [0, 0.1) is 11.3 Å². The van der Waals surface area contributed by atoms with Gasteiger partial charge in [-0.25, -0.2) is 0 Å². The van der Waals surface area contributed by atoms with Gasteiger partial charge in [-0.05, 0) is 22.8 Å². The first-order valence-electron chi connectivity index (χ1n) is 4.99. The summed E-state index contributed by atoms with van der Waals surface area (Å²) in [6, 6.07) is 18.3. The van der Waals surface area contributed by atoms with Gasteiger partial charge in [-0.1, -0.05) is 65.1 Å². The Hall–Kier alpha value is -1.34. The van der Waals surface area contributed by atoms with Crippen LogP contribution in [0.3, 0.4) is 0 Å². The van der Waals surface area contributed by atoms with Gasteiger partial charge in [0.1, 0.15) is 0 Å². The molecule has 0 aliphatic carbocycles. The van der Waals surface area contributed by atoms with Crippen LogP contribution >= 0.6 is 22.6 Å². The van der Waals surface area contributed by atoms with Crippen molar-refractivity contribution in [3.05, 3.63) is 59.7 Å². The molecule has 0 aromatic heterocycles. The van der Waals surface area contributed by atoms with Crippen molar-refractivity contribution in [1.29, 1.82) is 5.26 Å². The second-order valence-corrected chi connectivity index (χ2v) is 4.25. The number of alkyl halides is 1. The molecule has 0 heterocycles. The molecule has 0 aliphatic rings. The molecule has 0 unspecified atom stereocenters. The fourth-order valence-electron chi connectivity index (χ4n) is 1.61. The molecule has 0 saturated carbocycles. The van der Waals surface area contributed by atoms with Crippen molar-refractivity contribution in [2.45, 2.75) is 4.43 Å². The third kappa shape index (κ3) is 2.25. The predicted octanol–water partition coefficient (Wildman–Crippen LogP) is 4.16. The quantitative estimate of drug-likeness (QED) is 0.602. The second kappa shape index (κ2) is 5.13. The molecule has 1 nitrogen and oxygen atoms in total. The van der Waals surface area contributed by atoms with E-state index >= 15 is 0 Å². The highest BCUT2D eigenvalue weighted by Gasteiger charge is 2.03. The predicted molar refractivity (Wildman–Crippen MR) is 74.3 cm³/mol. The summed E-state index contributed by atoms with van der Waals surface area (Å²) in [5.74, 6) is 0. The van der Waals surface area contributed by atoms with Crippen LogP contribution in [-0.2, 0) is 4.43 Å². The lowest BCUT2D eigenvalue weighted by molar-refractivity contribution is 1.44. The van der Waals surface area contributed by atoms with Crippen molar-refractivity contribution in [3.63, 3.8) is 0 Å². The molecule has 2 heteroatoms. The maximum Gasteiger partial charge on any atom is 0.0998 e. The summed E-state index contributed by atoms with van der Waals surface area (Å²) in [6.45, 7) is 0. The topological polar surface area (TPSA) is 23.8 Å². The van der Waals surface area contributed by atoms with Gasteiger partial charge in [0, 0.05) is 4.43 Å². The fourth-order valence-corrected chi connectivity index (χ4v) is 2.11. The van der Waals surface area contributed by atoms with E-state index in [0.29, 0.717) is 0 Å². The Balaban J connectivity index is 2.47. The number of nitrogens with zero attached hydrogens (tertiary/aromatic N) is 1. The van der Waals surface area contributed by atoms with Crippen molar-refractivity contribution in [1.82, 2.24) is 0 Å².